The summed E-state index contributed by atoms with van der Waals surface area (Å²) < 4.78 is 1.42. The van der Waals surface area contributed by atoms with Gasteiger partial charge in [-0.2, -0.15) is 24.3 Å². The summed E-state index contributed by atoms with van der Waals surface area (Å²) in [6.45, 7) is 4.17. The summed E-state index contributed by atoms with van der Waals surface area (Å²) >= 11 is 2.08. The summed E-state index contributed by atoms with van der Waals surface area (Å²) in [4.78, 5) is 0. The number of allylic oxidation sites excluding steroid dienone is 4. The number of rotatable bonds is 1. The van der Waals surface area contributed by atoms with Crippen molar-refractivity contribution in [3.8, 4) is 11.1 Å². The normalized spacial score (nSPS) is 15.8. The van der Waals surface area contributed by atoms with E-state index in [9.17, 15) is 0 Å². The third-order valence-electron chi connectivity index (χ3n) is 3.91. The van der Waals surface area contributed by atoms with Crippen LogP contribution in [-0.2, 0) is 20.0 Å². The summed E-state index contributed by atoms with van der Waals surface area (Å²) in [6.07, 6.45) is 7.73. The summed E-state index contributed by atoms with van der Waals surface area (Å²) in [5.41, 5.74) is 7.00. The van der Waals surface area contributed by atoms with Crippen molar-refractivity contribution in [3.63, 3.8) is 0 Å². The molecule has 0 radical (unpaired) electrons. The average Bonchev–Trinajstić information content (AvgIpc) is 3.11. The molecule has 2 aliphatic carbocycles. The zero-order valence-corrected chi connectivity index (χ0v) is 16.9. The van der Waals surface area contributed by atoms with Gasteiger partial charge in [-0.3, -0.25) is 0 Å². The third kappa shape index (κ3) is 4.38. The molecule has 0 fully saturated rings. The molecule has 1 atom stereocenters. The number of fused-ring (bicyclic) bond motifs is 3. The van der Waals surface area contributed by atoms with Crippen LogP contribution >= 0.6 is 0 Å². The first kappa shape index (κ1) is 21.1. The Hall–Kier alpha value is -0.916. The molecule has 4 rings (SSSR count). The summed E-state index contributed by atoms with van der Waals surface area (Å²) in [6, 6.07) is 18.5. The minimum Gasteiger partial charge on any atom is -1.00 e. The molecule has 0 saturated carbocycles. The fourth-order valence-corrected chi connectivity index (χ4v) is 3.14. The second-order valence-corrected chi connectivity index (χ2v) is 7.45. The van der Waals surface area contributed by atoms with Crippen molar-refractivity contribution < 1.29 is 44.8 Å². The minimum absolute atomic E-state index is 0. The van der Waals surface area contributed by atoms with Crippen molar-refractivity contribution in [2.45, 2.75) is 26.2 Å². The van der Waals surface area contributed by atoms with Gasteiger partial charge < -0.3 is 24.8 Å². The Morgan fingerprint density at radius 3 is 2.38 bits per heavy atom. The van der Waals surface area contributed by atoms with E-state index in [1.165, 1.54) is 31.6 Å². The Bertz CT molecular complexity index is 725. The van der Waals surface area contributed by atoms with E-state index in [-0.39, 0.29) is 24.8 Å². The second kappa shape index (κ2) is 9.54. The van der Waals surface area contributed by atoms with Crippen molar-refractivity contribution >= 4 is 3.81 Å². The van der Waals surface area contributed by atoms with Crippen molar-refractivity contribution in [1.82, 2.24) is 0 Å². The maximum Gasteiger partial charge on any atom is 0.00806 e. The minimum atomic E-state index is 0. The number of hydrogen-bond donors (Lipinski definition) is 0. The van der Waals surface area contributed by atoms with Crippen LogP contribution in [0.15, 0.2) is 66.3 Å². The van der Waals surface area contributed by atoms with Gasteiger partial charge in [0.15, 0.2) is 0 Å². The molecule has 0 heterocycles. The Kier molecular flexibility index (Phi) is 8.40. The SMILES string of the molecule is C[C](C)=[Ti+2].[Cl-].[Cl-].[c-]1cccc2c1C(C1=CC=CC1)c1ccccc1-2. The molecule has 3 heteroatoms. The van der Waals surface area contributed by atoms with Crippen molar-refractivity contribution in [3.05, 3.63) is 83.5 Å². The van der Waals surface area contributed by atoms with Crippen LogP contribution in [-0.4, -0.2) is 3.81 Å². The van der Waals surface area contributed by atoms with Crippen LogP contribution in [0.5, 0.6) is 0 Å². The maximum atomic E-state index is 3.45. The van der Waals surface area contributed by atoms with Gasteiger partial charge in [-0.05, 0) is 12.0 Å². The molecular formula is C21H19Cl2Ti-. The van der Waals surface area contributed by atoms with E-state index >= 15 is 0 Å². The molecule has 122 valence electrons. The van der Waals surface area contributed by atoms with Crippen LogP contribution in [0.25, 0.3) is 11.1 Å². The van der Waals surface area contributed by atoms with Gasteiger partial charge in [0.05, 0.1) is 0 Å². The van der Waals surface area contributed by atoms with Gasteiger partial charge in [-0.15, -0.1) is 11.1 Å². The molecule has 1 unspecified atom stereocenters. The molecule has 0 spiro atoms. The molecule has 24 heavy (non-hydrogen) atoms. The molecule has 0 bridgehead atoms. The van der Waals surface area contributed by atoms with Gasteiger partial charge in [-0.1, -0.05) is 53.6 Å². The van der Waals surface area contributed by atoms with E-state index in [1.54, 1.807) is 0 Å². The second-order valence-electron chi connectivity index (χ2n) is 5.89. The Morgan fingerprint density at radius 1 is 1.04 bits per heavy atom. The van der Waals surface area contributed by atoms with Crippen LogP contribution in [0.4, 0.5) is 0 Å². The van der Waals surface area contributed by atoms with E-state index in [0.29, 0.717) is 5.92 Å². The number of benzene rings is 2. The fraction of sp³-hybridized carbons (Fsp3) is 0.190. The zero-order valence-electron chi connectivity index (χ0n) is 13.8. The van der Waals surface area contributed by atoms with Crippen molar-refractivity contribution in [1.29, 1.82) is 0 Å². The van der Waals surface area contributed by atoms with Gasteiger partial charge in [0.2, 0.25) is 0 Å². The zero-order chi connectivity index (χ0) is 15.5. The van der Waals surface area contributed by atoms with E-state index in [1.807, 2.05) is 6.07 Å². The summed E-state index contributed by atoms with van der Waals surface area (Å²) in [7, 11) is 0. The van der Waals surface area contributed by atoms with Crippen LogP contribution in [0.2, 0.25) is 0 Å². The first-order valence-electron chi connectivity index (χ1n) is 7.65. The molecule has 0 aliphatic heterocycles. The fourth-order valence-electron chi connectivity index (χ4n) is 3.14. The van der Waals surface area contributed by atoms with Gasteiger partial charge in [0, 0.05) is 5.92 Å². The van der Waals surface area contributed by atoms with Gasteiger partial charge >= 0.3 is 37.6 Å². The van der Waals surface area contributed by atoms with E-state index in [0.717, 1.165) is 6.42 Å². The van der Waals surface area contributed by atoms with Crippen LogP contribution in [0.3, 0.4) is 0 Å². The smallest absolute Gasteiger partial charge is 0.00806 e. The van der Waals surface area contributed by atoms with Crippen molar-refractivity contribution in [2.24, 2.45) is 0 Å². The van der Waals surface area contributed by atoms with E-state index in [2.05, 4.69) is 94.5 Å². The molecular weight excluding hydrogens is 371 g/mol. The van der Waals surface area contributed by atoms with Crippen LogP contribution in [0.1, 0.15) is 37.3 Å². The van der Waals surface area contributed by atoms with Gasteiger partial charge in [0.25, 0.3) is 0 Å². The Balaban J connectivity index is 0.000000438. The largest absolute Gasteiger partial charge is 1.00 e. The molecule has 0 nitrogen and oxygen atoms in total. The van der Waals surface area contributed by atoms with E-state index < -0.39 is 0 Å². The first-order valence-corrected chi connectivity index (χ1v) is 8.44. The molecule has 0 amide bonds. The van der Waals surface area contributed by atoms with Crippen LogP contribution in [0, 0.1) is 6.07 Å². The monoisotopic (exact) mass is 389 g/mol. The van der Waals surface area contributed by atoms with Crippen LogP contribution < -0.4 is 24.8 Å². The quantitative estimate of drug-likeness (QED) is 0.444. The average molecular weight is 390 g/mol. The predicted octanol–water partition coefficient (Wildman–Crippen LogP) is -0.761. The predicted molar refractivity (Wildman–Crippen MR) is 90.8 cm³/mol. The standard InChI is InChI=1S/C18H13.C3H6.2ClH.Ti/c1-2-8-13(7-1)18-16-11-5-3-9-14(16)15-10-4-6-12-17(15)18;1-3-2;;;/h1-7,9-11,18H,8H2;1-2H3;2*1H;/q-1;;;;+2/p-2. The first-order chi connectivity index (χ1) is 10.7. The molecule has 0 aromatic heterocycles. The third-order valence-corrected chi connectivity index (χ3v) is 3.91. The molecule has 2 aromatic carbocycles. The molecule has 2 aliphatic rings. The maximum absolute atomic E-state index is 3.45. The topological polar surface area (TPSA) is 0 Å². The molecule has 0 N–H and O–H groups in total. The Labute approximate surface area is 168 Å². The molecule has 0 saturated heterocycles. The summed E-state index contributed by atoms with van der Waals surface area (Å²) in [5, 5.41) is 0. The number of halogens is 2. The van der Waals surface area contributed by atoms with E-state index in [4.69, 9.17) is 0 Å². The number of hydrogen-bond acceptors (Lipinski definition) is 0. The summed E-state index contributed by atoms with van der Waals surface area (Å²) in [5.74, 6) is 0.410. The van der Waals surface area contributed by atoms with Gasteiger partial charge in [0.1, 0.15) is 0 Å². The van der Waals surface area contributed by atoms with Crippen molar-refractivity contribution in [2.75, 3.05) is 0 Å². The molecule has 2 aromatic rings. The Morgan fingerprint density at radius 2 is 1.71 bits per heavy atom. The van der Waals surface area contributed by atoms with Gasteiger partial charge in [-0.25, -0.2) is 0 Å².